The maximum absolute atomic E-state index is 12.3. The number of imidazole rings is 1. The summed E-state index contributed by atoms with van der Waals surface area (Å²) in [4.78, 5) is 17.0. The summed E-state index contributed by atoms with van der Waals surface area (Å²) in [5.41, 5.74) is 2.11. The minimum Gasteiger partial charge on any atom is -0.346 e. The molecule has 0 radical (unpaired) electrons. The molecule has 4 heteroatoms. The summed E-state index contributed by atoms with van der Waals surface area (Å²) in [6, 6.07) is 8.02. The number of nitrogens with zero attached hydrogens (tertiary/aromatic N) is 2. The molecule has 0 saturated carbocycles. The fourth-order valence-corrected chi connectivity index (χ4v) is 2.81. The number of carbonyl (C=O) groups is 1. The molecule has 4 nitrogen and oxygen atoms in total. The van der Waals surface area contributed by atoms with Gasteiger partial charge in [0.25, 0.3) is 0 Å². The van der Waals surface area contributed by atoms with Crippen molar-refractivity contribution in [1.82, 2.24) is 14.9 Å². The zero-order chi connectivity index (χ0) is 15.4. The fourth-order valence-electron chi connectivity index (χ4n) is 2.81. The fraction of sp³-hybridized carbons (Fsp3) is 0.529. The monoisotopic (exact) mass is 287 g/mol. The molecule has 21 heavy (non-hydrogen) atoms. The minimum absolute atomic E-state index is 0.0783. The number of hydrogen-bond donors (Lipinski definition) is 1. The number of hydrogen-bond acceptors (Lipinski definition) is 2. The summed E-state index contributed by atoms with van der Waals surface area (Å²) < 4.78 is 2.17. The Bertz CT molecular complexity index is 614. The molecule has 1 aromatic heterocycles. The Morgan fingerprint density at radius 2 is 1.90 bits per heavy atom. The second-order valence-electron chi connectivity index (χ2n) is 5.45. The Morgan fingerprint density at radius 1 is 1.24 bits per heavy atom. The number of carbonyl (C=O) groups excluding carboxylic acids is 1. The normalized spacial score (nSPS) is 12.8. The Kier molecular flexibility index (Phi) is 4.99. The molecule has 1 unspecified atom stereocenters. The number of rotatable bonds is 6. The highest BCUT2D eigenvalue weighted by molar-refractivity contribution is 5.79. The predicted molar refractivity (Wildman–Crippen MR) is 86.0 cm³/mol. The molecule has 1 amide bonds. The lowest BCUT2D eigenvalue weighted by Crippen LogP contribution is -2.33. The smallest absolute Gasteiger partial charge is 0.223 e. The molecule has 1 aromatic carbocycles. The Labute approximate surface area is 126 Å². The molecule has 0 bridgehead atoms. The summed E-state index contributed by atoms with van der Waals surface area (Å²) in [7, 11) is 0. The van der Waals surface area contributed by atoms with E-state index in [9.17, 15) is 4.79 Å². The molecule has 0 fully saturated rings. The number of fused-ring (bicyclic) bond motifs is 1. The van der Waals surface area contributed by atoms with Gasteiger partial charge < -0.3 is 9.88 Å². The maximum atomic E-state index is 12.3. The van der Waals surface area contributed by atoms with Gasteiger partial charge in [0, 0.05) is 12.5 Å². The number of aromatic nitrogens is 2. The first-order valence-corrected chi connectivity index (χ1v) is 7.87. The van der Waals surface area contributed by atoms with Crippen molar-refractivity contribution in [3.05, 3.63) is 30.1 Å². The molecule has 0 aliphatic heterocycles. The van der Waals surface area contributed by atoms with Gasteiger partial charge in [-0.1, -0.05) is 26.0 Å². The maximum Gasteiger partial charge on any atom is 0.223 e. The Balaban J connectivity index is 2.27. The molecule has 114 valence electrons. The summed E-state index contributed by atoms with van der Waals surface area (Å²) in [5, 5.41) is 3.11. The Morgan fingerprint density at radius 3 is 2.52 bits per heavy atom. The molecular formula is C17H25N3O. The summed E-state index contributed by atoms with van der Waals surface area (Å²) in [6.07, 6.45) is 1.75. The number of nitrogens with one attached hydrogen (secondary N) is 1. The van der Waals surface area contributed by atoms with Gasteiger partial charge in [0.05, 0.1) is 17.1 Å². The third kappa shape index (κ3) is 3.09. The standard InChI is InChI=1S/C17H25N3O/c1-5-13(6-2)17(21)18-12(4)16-19-14-10-8-9-11-15(14)20(16)7-3/h8-13H,5-7H2,1-4H3,(H,18,21). The average Bonchev–Trinajstić information content (AvgIpc) is 2.87. The number of para-hydroxylation sites is 2. The highest BCUT2D eigenvalue weighted by atomic mass is 16.1. The highest BCUT2D eigenvalue weighted by Crippen LogP contribution is 2.21. The van der Waals surface area contributed by atoms with Crippen molar-refractivity contribution in [3.63, 3.8) is 0 Å². The predicted octanol–water partition coefficient (Wildman–Crippen LogP) is 3.67. The van der Waals surface area contributed by atoms with Crippen LogP contribution in [0.1, 0.15) is 52.4 Å². The lowest BCUT2D eigenvalue weighted by molar-refractivity contribution is -0.125. The van der Waals surface area contributed by atoms with E-state index in [1.807, 2.05) is 25.1 Å². The lowest BCUT2D eigenvalue weighted by Gasteiger charge is -2.19. The molecule has 0 aliphatic rings. The van der Waals surface area contributed by atoms with Crippen molar-refractivity contribution in [2.24, 2.45) is 5.92 Å². The van der Waals surface area contributed by atoms with Crippen molar-refractivity contribution in [1.29, 1.82) is 0 Å². The van der Waals surface area contributed by atoms with E-state index in [1.165, 1.54) is 0 Å². The van der Waals surface area contributed by atoms with Gasteiger partial charge in [0.2, 0.25) is 5.91 Å². The van der Waals surface area contributed by atoms with Gasteiger partial charge >= 0.3 is 0 Å². The van der Waals surface area contributed by atoms with Gasteiger partial charge in [0.1, 0.15) is 5.82 Å². The van der Waals surface area contributed by atoms with Crippen molar-refractivity contribution in [2.75, 3.05) is 0 Å². The van der Waals surface area contributed by atoms with Crippen LogP contribution in [-0.4, -0.2) is 15.5 Å². The number of benzene rings is 1. The van der Waals surface area contributed by atoms with E-state index in [-0.39, 0.29) is 17.9 Å². The molecule has 0 spiro atoms. The largest absolute Gasteiger partial charge is 0.346 e. The zero-order valence-electron chi connectivity index (χ0n) is 13.4. The van der Waals surface area contributed by atoms with E-state index >= 15 is 0 Å². The first-order valence-electron chi connectivity index (χ1n) is 7.87. The average molecular weight is 287 g/mol. The van der Waals surface area contributed by atoms with Gasteiger partial charge in [-0.05, 0) is 38.8 Å². The Hall–Kier alpha value is -1.84. The summed E-state index contributed by atoms with van der Waals surface area (Å²) in [5.74, 6) is 1.15. The van der Waals surface area contributed by atoms with Crippen LogP contribution in [0.2, 0.25) is 0 Å². The van der Waals surface area contributed by atoms with E-state index in [0.29, 0.717) is 0 Å². The van der Waals surface area contributed by atoms with Crippen molar-refractivity contribution in [3.8, 4) is 0 Å². The molecule has 1 atom stereocenters. The molecular weight excluding hydrogens is 262 g/mol. The van der Waals surface area contributed by atoms with E-state index < -0.39 is 0 Å². The number of aryl methyl sites for hydroxylation is 1. The second kappa shape index (κ2) is 6.74. The molecule has 0 aliphatic carbocycles. The quantitative estimate of drug-likeness (QED) is 0.881. The zero-order valence-corrected chi connectivity index (χ0v) is 13.4. The molecule has 0 saturated heterocycles. The van der Waals surface area contributed by atoms with Crippen molar-refractivity contribution < 1.29 is 4.79 Å². The van der Waals surface area contributed by atoms with Gasteiger partial charge in [-0.2, -0.15) is 0 Å². The third-order valence-corrected chi connectivity index (χ3v) is 4.10. The SMILES string of the molecule is CCC(CC)C(=O)NC(C)c1nc2ccccc2n1CC. The molecule has 1 heterocycles. The van der Waals surface area contributed by atoms with Crippen molar-refractivity contribution in [2.45, 2.75) is 53.1 Å². The van der Waals surface area contributed by atoms with Crippen LogP contribution >= 0.6 is 0 Å². The molecule has 2 rings (SSSR count). The van der Waals surface area contributed by atoms with Crippen LogP contribution in [0.15, 0.2) is 24.3 Å². The van der Waals surface area contributed by atoms with Crippen LogP contribution in [0, 0.1) is 5.92 Å². The van der Waals surface area contributed by atoms with Gasteiger partial charge in [-0.25, -0.2) is 4.98 Å². The third-order valence-electron chi connectivity index (χ3n) is 4.10. The van der Waals surface area contributed by atoms with Crippen LogP contribution in [0.4, 0.5) is 0 Å². The van der Waals surface area contributed by atoms with Gasteiger partial charge in [0.15, 0.2) is 0 Å². The summed E-state index contributed by atoms with van der Waals surface area (Å²) in [6.45, 7) is 9.07. The minimum atomic E-state index is -0.0783. The van der Waals surface area contributed by atoms with Gasteiger partial charge in [-0.15, -0.1) is 0 Å². The topological polar surface area (TPSA) is 46.9 Å². The van der Waals surface area contributed by atoms with Crippen LogP contribution < -0.4 is 5.32 Å². The number of amides is 1. The van der Waals surface area contributed by atoms with Crippen LogP contribution in [0.5, 0.6) is 0 Å². The van der Waals surface area contributed by atoms with Crippen LogP contribution in [0.3, 0.4) is 0 Å². The van der Waals surface area contributed by atoms with E-state index in [4.69, 9.17) is 4.98 Å². The second-order valence-corrected chi connectivity index (χ2v) is 5.45. The van der Waals surface area contributed by atoms with E-state index in [1.54, 1.807) is 0 Å². The van der Waals surface area contributed by atoms with Crippen LogP contribution in [-0.2, 0) is 11.3 Å². The highest BCUT2D eigenvalue weighted by Gasteiger charge is 2.20. The van der Waals surface area contributed by atoms with E-state index in [0.717, 1.165) is 36.2 Å². The van der Waals surface area contributed by atoms with E-state index in [2.05, 4.69) is 36.7 Å². The first-order chi connectivity index (χ1) is 10.1. The summed E-state index contributed by atoms with van der Waals surface area (Å²) >= 11 is 0. The first kappa shape index (κ1) is 15.5. The van der Waals surface area contributed by atoms with Crippen molar-refractivity contribution >= 4 is 16.9 Å². The lowest BCUT2D eigenvalue weighted by atomic mass is 10.0. The molecule has 1 N–H and O–H groups in total. The van der Waals surface area contributed by atoms with Gasteiger partial charge in [-0.3, -0.25) is 4.79 Å². The van der Waals surface area contributed by atoms with Crippen LogP contribution in [0.25, 0.3) is 11.0 Å². The molecule has 2 aromatic rings.